The maximum Gasteiger partial charge on any atom is 0.100 e. The highest BCUT2D eigenvalue weighted by Crippen LogP contribution is 2.41. The van der Waals surface area contributed by atoms with Crippen LogP contribution in [0.4, 0.5) is 0 Å². The molecule has 1 heteroatoms. The molecule has 0 heterocycles. The van der Waals surface area contributed by atoms with Gasteiger partial charge in [-0.3, -0.25) is 0 Å². The van der Waals surface area contributed by atoms with Gasteiger partial charge in [0.15, 0.2) is 0 Å². The molecule has 0 aliphatic heterocycles. The lowest BCUT2D eigenvalue weighted by atomic mass is 9.89. The van der Waals surface area contributed by atoms with Gasteiger partial charge in [0.05, 0.1) is 5.56 Å². The van der Waals surface area contributed by atoms with Crippen molar-refractivity contribution in [1.29, 1.82) is 5.26 Å². The van der Waals surface area contributed by atoms with E-state index in [4.69, 9.17) is 0 Å². The molecule has 1 nitrogen and oxygen atoms in total. The molecule has 0 bridgehead atoms. The van der Waals surface area contributed by atoms with Crippen LogP contribution in [-0.2, 0) is 0 Å². The van der Waals surface area contributed by atoms with Crippen molar-refractivity contribution in [1.82, 2.24) is 0 Å². The molecular formula is C18H17N. The van der Waals surface area contributed by atoms with Crippen LogP contribution in [-0.4, -0.2) is 0 Å². The van der Waals surface area contributed by atoms with E-state index in [9.17, 15) is 5.26 Å². The fraction of sp³-hybridized carbons (Fsp3) is 0.278. The van der Waals surface area contributed by atoms with Gasteiger partial charge in [0.2, 0.25) is 0 Å². The van der Waals surface area contributed by atoms with Crippen LogP contribution in [0.15, 0.2) is 36.4 Å². The molecule has 0 N–H and O–H groups in total. The van der Waals surface area contributed by atoms with E-state index in [1.54, 1.807) is 0 Å². The molecule has 2 atom stereocenters. The first kappa shape index (κ1) is 12.2. The Labute approximate surface area is 114 Å². The van der Waals surface area contributed by atoms with Gasteiger partial charge in [0.1, 0.15) is 6.07 Å². The average molecular weight is 247 g/mol. The summed E-state index contributed by atoms with van der Waals surface area (Å²) in [6.45, 7) is 4.00. The SMILES string of the molecule is [CH2]CC1C[CH]C(c2ccc3ccccc3c2C#N)C1. The highest BCUT2D eigenvalue weighted by Gasteiger charge is 2.27. The first-order valence-electron chi connectivity index (χ1n) is 6.87. The van der Waals surface area contributed by atoms with Crippen LogP contribution in [0.2, 0.25) is 0 Å². The predicted octanol–water partition coefficient (Wildman–Crippen LogP) is 4.63. The summed E-state index contributed by atoms with van der Waals surface area (Å²) in [6.07, 6.45) is 5.62. The smallest absolute Gasteiger partial charge is 0.100 e. The quantitative estimate of drug-likeness (QED) is 0.758. The van der Waals surface area contributed by atoms with Crippen molar-refractivity contribution >= 4 is 10.8 Å². The number of hydrogen-bond donors (Lipinski definition) is 0. The van der Waals surface area contributed by atoms with Gasteiger partial charge < -0.3 is 0 Å². The van der Waals surface area contributed by atoms with Crippen LogP contribution in [0.3, 0.4) is 0 Å². The maximum absolute atomic E-state index is 9.52. The molecule has 94 valence electrons. The van der Waals surface area contributed by atoms with Crippen molar-refractivity contribution in [2.24, 2.45) is 5.92 Å². The molecule has 3 rings (SSSR count). The third-order valence-corrected chi connectivity index (χ3v) is 4.22. The summed E-state index contributed by atoms with van der Waals surface area (Å²) in [6, 6.07) is 14.8. The molecule has 2 radical (unpaired) electrons. The minimum absolute atomic E-state index is 0.422. The minimum Gasteiger partial charge on any atom is -0.192 e. The Morgan fingerprint density at radius 2 is 2.05 bits per heavy atom. The summed E-state index contributed by atoms with van der Waals surface area (Å²) in [5.74, 6) is 1.11. The Morgan fingerprint density at radius 1 is 1.21 bits per heavy atom. The average Bonchev–Trinajstić information content (AvgIpc) is 2.94. The summed E-state index contributed by atoms with van der Waals surface area (Å²) >= 11 is 0. The van der Waals surface area contributed by atoms with Crippen LogP contribution < -0.4 is 0 Å². The number of fused-ring (bicyclic) bond motifs is 1. The summed E-state index contributed by atoms with van der Waals surface area (Å²) in [7, 11) is 0. The van der Waals surface area contributed by atoms with Crippen molar-refractivity contribution in [3.63, 3.8) is 0 Å². The van der Waals surface area contributed by atoms with E-state index in [2.05, 4.69) is 37.6 Å². The number of hydrogen-bond acceptors (Lipinski definition) is 1. The lowest BCUT2D eigenvalue weighted by Gasteiger charge is -2.14. The highest BCUT2D eigenvalue weighted by molar-refractivity contribution is 5.89. The Hall–Kier alpha value is -1.81. The first-order valence-corrected chi connectivity index (χ1v) is 6.87. The molecule has 1 fully saturated rings. The van der Waals surface area contributed by atoms with Crippen LogP contribution in [0.1, 0.15) is 36.3 Å². The third-order valence-electron chi connectivity index (χ3n) is 4.22. The van der Waals surface area contributed by atoms with E-state index in [1.165, 1.54) is 5.56 Å². The lowest BCUT2D eigenvalue weighted by molar-refractivity contribution is 0.546. The fourth-order valence-electron chi connectivity index (χ4n) is 3.12. The Kier molecular flexibility index (Phi) is 3.25. The van der Waals surface area contributed by atoms with Gasteiger partial charge in [-0.25, -0.2) is 0 Å². The summed E-state index contributed by atoms with van der Waals surface area (Å²) in [5.41, 5.74) is 2.04. The molecule has 0 amide bonds. The molecule has 2 aromatic rings. The molecular weight excluding hydrogens is 230 g/mol. The lowest BCUT2D eigenvalue weighted by Crippen LogP contribution is -1.99. The number of nitrogens with zero attached hydrogens (tertiary/aromatic N) is 1. The monoisotopic (exact) mass is 247 g/mol. The molecule has 1 aliphatic rings. The van der Waals surface area contributed by atoms with Crippen LogP contribution in [0, 0.1) is 30.6 Å². The van der Waals surface area contributed by atoms with Gasteiger partial charge in [0.25, 0.3) is 0 Å². The second-order valence-corrected chi connectivity index (χ2v) is 5.33. The number of nitriles is 1. The van der Waals surface area contributed by atoms with Gasteiger partial charge in [0, 0.05) is 0 Å². The van der Waals surface area contributed by atoms with Crippen LogP contribution in [0.25, 0.3) is 10.8 Å². The summed E-state index contributed by atoms with van der Waals surface area (Å²) < 4.78 is 0. The molecule has 0 spiro atoms. The minimum atomic E-state index is 0.422. The second kappa shape index (κ2) is 5.05. The predicted molar refractivity (Wildman–Crippen MR) is 78.4 cm³/mol. The Balaban J connectivity index is 2.07. The molecule has 1 saturated carbocycles. The van der Waals surface area contributed by atoms with Crippen LogP contribution >= 0.6 is 0 Å². The van der Waals surface area contributed by atoms with Gasteiger partial charge in [-0.1, -0.05) is 49.7 Å². The van der Waals surface area contributed by atoms with Crippen molar-refractivity contribution in [2.45, 2.75) is 25.2 Å². The van der Waals surface area contributed by atoms with E-state index in [0.717, 1.165) is 35.6 Å². The largest absolute Gasteiger partial charge is 0.192 e. The molecule has 19 heavy (non-hydrogen) atoms. The summed E-state index contributed by atoms with van der Waals surface area (Å²) in [5, 5.41) is 11.7. The second-order valence-electron chi connectivity index (χ2n) is 5.33. The van der Waals surface area contributed by atoms with Crippen molar-refractivity contribution < 1.29 is 0 Å². The zero-order chi connectivity index (χ0) is 13.2. The zero-order valence-electron chi connectivity index (χ0n) is 11.0. The number of rotatable bonds is 2. The van der Waals surface area contributed by atoms with Crippen molar-refractivity contribution in [3.05, 3.63) is 60.9 Å². The normalized spacial score (nSPS) is 22.5. The Morgan fingerprint density at radius 3 is 2.79 bits per heavy atom. The maximum atomic E-state index is 9.52. The molecule has 2 aromatic carbocycles. The van der Waals surface area contributed by atoms with Crippen molar-refractivity contribution in [2.75, 3.05) is 0 Å². The summed E-state index contributed by atoms with van der Waals surface area (Å²) in [4.78, 5) is 0. The van der Waals surface area contributed by atoms with Gasteiger partial charge in [-0.15, -0.1) is 0 Å². The molecule has 0 saturated heterocycles. The Bertz CT molecular complexity index is 636. The van der Waals surface area contributed by atoms with E-state index >= 15 is 0 Å². The molecule has 2 unspecified atom stereocenters. The van der Waals surface area contributed by atoms with Gasteiger partial charge in [-0.05, 0) is 47.4 Å². The third kappa shape index (κ3) is 2.12. The number of benzene rings is 2. The highest BCUT2D eigenvalue weighted by atomic mass is 14.3. The van der Waals surface area contributed by atoms with Gasteiger partial charge in [-0.2, -0.15) is 5.26 Å². The fourth-order valence-corrected chi connectivity index (χ4v) is 3.12. The van der Waals surface area contributed by atoms with E-state index < -0.39 is 0 Å². The molecule has 0 aromatic heterocycles. The van der Waals surface area contributed by atoms with Crippen molar-refractivity contribution in [3.8, 4) is 6.07 Å². The van der Waals surface area contributed by atoms with E-state index in [-0.39, 0.29) is 0 Å². The first-order chi connectivity index (χ1) is 9.33. The van der Waals surface area contributed by atoms with Gasteiger partial charge >= 0.3 is 0 Å². The zero-order valence-corrected chi connectivity index (χ0v) is 11.0. The standard InChI is InChI=1S/C18H17N/c1-2-13-7-8-15(11-13)17-10-9-14-5-3-4-6-16(14)18(17)12-19/h3-6,8-10,13,15H,1-2,7,11H2. The van der Waals surface area contributed by atoms with Crippen LogP contribution in [0.5, 0.6) is 0 Å². The van der Waals surface area contributed by atoms with E-state index in [1.807, 2.05) is 18.2 Å². The topological polar surface area (TPSA) is 23.8 Å². The van der Waals surface area contributed by atoms with E-state index in [0.29, 0.717) is 11.8 Å². The molecule has 1 aliphatic carbocycles.